The van der Waals surface area contributed by atoms with Crippen molar-refractivity contribution in [3.05, 3.63) is 114 Å². The SMILES string of the molecule is C1=CC(c2nccc3[nH]c(-c4[nH]nc5ncc(-c6cncc(CNCc7ccccc7)c6)cc45)cc23)=CC1. The first-order valence-corrected chi connectivity index (χ1v) is 12.7. The fraction of sp³-hybridized carbons (Fsp3) is 0.0968. The second-order valence-electron chi connectivity index (χ2n) is 9.47. The van der Waals surface area contributed by atoms with Crippen LogP contribution >= 0.6 is 0 Å². The Morgan fingerprint density at radius 3 is 2.63 bits per heavy atom. The molecule has 1 aromatic carbocycles. The normalized spacial score (nSPS) is 13.0. The molecule has 0 unspecified atom stereocenters. The average Bonchev–Trinajstić information content (AvgIpc) is 3.73. The standard InChI is InChI=1S/C31H25N7/c1-2-6-20(7-3-1)15-32-16-21-12-23(18-33-17-21)24-13-26-30(37-38-31(26)35-19-24)28-14-25-27(36-28)10-11-34-29(25)22-8-4-5-9-22/h1-4,6-14,17-19,32,36H,5,15-16H2,(H,35,37,38). The summed E-state index contributed by atoms with van der Waals surface area (Å²) in [4.78, 5) is 17.3. The molecule has 5 aromatic heterocycles. The summed E-state index contributed by atoms with van der Waals surface area (Å²) in [6, 6.07) is 18.8. The number of hydrogen-bond acceptors (Lipinski definition) is 5. The van der Waals surface area contributed by atoms with Crippen LogP contribution in [0.15, 0.2) is 97.6 Å². The van der Waals surface area contributed by atoms with Crippen molar-refractivity contribution < 1.29 is 0 Å². The van der Waals surface area contributed by atoms with Gasteiger partial charge in [-0.2, -0.15) is 5.10 Å². The number of pyridine rings is 3. The highest BCUT2D eigenvalue weighted by Crippen LogP contribution is 2.33. The molecule has 38 heavy (non-hydrogen) atoms. The molecule has 7 nitrogen and oxygen atoms in total. The molecule has 0 radical (unpaired) electrons. The van der Waals surface area contributed by atoms with Crippen LogP contribution in [-0.2, 0) is 13.1 Å². The van der Waals surface area contributed by atoms with Gasteiger partial charge in [0, 0.05) is 65.3 Å². The number of allylic oxidation sites excluding steroid dienone is 4. The van der Waals surface area contributed by atoms with Gasteiger partial charge in [0.05, 0.1) is 17.1 Å². The van der Waals surface area contributed by atoms with Crippen molar-refractivity contribution >= 4 is 27.5 Å². The number of H-pyrrole nitrogens is 2. The van der Waals surface area contributed by atoms with Gasteiger partial charge >= 0.3 is 0 Å². The molecular formula is C31H25N7. The van der Waals surface area contributed by atoms with E-state index in [9.17, 15) is 0 Å². The van der Waals surface area contributed by atoms with Crippen LogP contribution in [0.4, 0.5) is 0 Å². The summed E-state index contributed by atoms with van der Waals surface area (Å²) in [6.07, 6.45) is 14.9. The summed E-state index contributed by atoms with van der Waals surface area (Å²) in [5.41, 5.74) is 10.1. The number of aromatic amines is 2. The van der Waals surface area contributed by atoms with Crippen molar-refractivity contribution in [3.8, 4) is 22.5 Å². The van der Waals surface area contributed by atoms with Crippen LogP contribution in [0.1, 0.15) is 23.2 Å². The van der Waals surface area contributed by atoms with E-state index in [1.165, 1.54) is 5.56 Å². The molecular weight excluding hydrogens is 470 g/mol. The van der Waals surface area contributed by atoms with Crippen molar-refractivity contribution in [2.24, 2.45) is 0 Å². The number of aromatic nitrogens is 6. The molecule has 0 saturated carbocycles. The zero-order valence-corrected chi connectivity index (χ0v) is 20.6. The Bertz CT molecular complexity index is 1830. The largest absolute Gasteiger partial charge is 0.353 e. The third kappa shape index (κ3) is 4.19. The highest BCUT2D eigenvalue weighted by atomic mass is 15.2. The average molecular weight is 496 g/mol. The number of nitrogens with one attached hydrogen (secondary N) is 3. The van der Waals surface area contributed by atoms with Gasteiger partial charge in [0.2, 0.25) is 0 Å². The summed E-state index contributed by atoms with van der Waals surface area (Å²) >= 11 is 0. The lowest BCUT2D eigenvalue weighted by Crippen LogP contribution is -2.12. The van der Waals surface area contributed by atoms with Gasteiger partial charge in [0.1, 0.15) is 0 Å². The predicted octanol–water partition coefficient (Wildman–Crippen LogP) is 6.20. The smallest absolute Gasteiger partial charge is 0.181 e. The summed E-state index contributed by atoms with van der Waals surface area (Å²) in [5.74, 6) is 0. The van der Waals surface area contributed by atoms with E-state index < -0.39 is 0 Å². The van der Waals surface area contributed by atoms with E-state index in [2.05, 4.69) is 96.1 Å². The van der Waals surface area contributed by atoms with Gasteiger partial charge in [0.25, 0.3) is 0 Å². The summed E-state index contributed by atoms with van der Waals surface area (Å²) in [6.45, 7) is 1.55. The molecule has 5 heterocycles. The van der Waals surface area contributed by atoms with Crippen LogP contribution in [0, 0.1) is 0 Å². The Balaban J connectivity index is 1.19. The molecule has 0 aliphatic heterocycles. The summed E-state index contributed by atoms with van der Waals surface area (Å²) in [7, 11) is 0. The maximum absolute atomic E-state index is 4.66. The second kappa shape index (κ2) is 9.53. The molecule has 0 atom stereocenters. The van der Waals surface area contributed by atoms with E-state index in [0.717, 1.165) is 75.1 Å². The maximum Gasteiger partial charge on any atom is 0.181 e. The molecule has 0 bridgehead atoms. The Labute approximate surface area is 219 Å². The third-order valence-corrected chi connectivity index (χ3v) is 6.90. The number of rotatable bonds is 7. The number of hydrogen-bond donors (Lipinski definition) is 3. The highest BCUT2D eigenvalue weighted by molar-refractivity contribution is 5.99. The first-order valence-electron chi connectivity index (χ1n) is 12.7. The number of benzene rings is 1. The molecule has 0 saturated heterocycles. The van der Waals surface area contributed by atoms with E-state index in [4.69, 9.17) is 0 Å². The van der Waals surface area contributed by atoms with Crippen LogP contribution in [0.3, 0.4) is 0 Å². The van der Waals surface area contributed by atoms with Crippen molar-refractivity contribution in [3.63, 3.8) is 0 Å². The zero-order valence-electron chi connectivity index (χ0n) is 20.6. The molecule has 6 aromatic rings. The topological polar surface area (TPSA) is 95.2 Å². The molecule has 0 amide bonds. The van der Waals surface area contributed by atoms with Gasteiger partial charge in [-0.25, -0.2) is 4.98 Å². The molecule has 7 rings (SSSR count). The lowest BCUT2D eigenvalue weighted by Gasteiger charge is -2.07. The minimum atomic E-state index is 0.677. The van der Waals surface area contributed by atoms with E-state index in [1.807, 2.05) is 36.9 Å². The molecule has 1 aliphatic rings. The van der Waals surface area contributed by atoms with Crippen molar-refractivity contribution in [1.29, 1.82) is 0 Å². The lowest BCUT2D eigenvalue weighted by molar-refractivity contribution is 0.691. The molecule has 1 aliphatic carbocycles. The van der Waals surface area contributed by atoms with Crippen LogP contribution in [0.25, 0.3) is 50.0 Å². The Kier molecular flexibility index (Phi) is 5.60. The fourth-order valence-electron chi connectivity index (χ4n) is 5.00. The van der Waals surface area contributed by atoms with Crippen LogP contribution in [0.5, 0.6) is 0 Å². The minimum absolute atomic E-state index is 0.677. The molecule has 0 fully saturated rings. The summed E-state index contributed by atoms with van der Waals surface area (Å²) < 4.78 is 0. The maximum atomic E-state index is 4.66. The Hall–Kier alpha value is -4.88. The highest BCUT2D eigenvalue weighted by Gasteiger charge is 2.16. The van der Waals surface area contributed by atoms with Gasteiger partial charge in [-0.3, -0.25) is 15.1 Å². The third-order valence-electron chi connectivity index (χ3n) is 6.90. The van der Waals surface area contributed by atoms with E-state index >= 15 is 0 Å². The van der Waals surface area contributed by atoms with E-state index in [-0.39, 0.29) is 0 Å². The van der Waals surface area contributed by atoms with Crippen molar-refractivity contribution in [2.45, 2.75) is 19.5 Å². The van der Waals surface area contributed by atoms with Crippen LogP contribution < -0.4 is 5.32 Å². The zero-order chi connectivity index (χ0) is 25.3. The predicted molar refractivity (Wildman–Crippen MR) is 151 cm³/mol. The molecule has 0 spiro atoms. The van der Waals surface area contributed by atoms with Crippen molar-refractivity contribution in [1.82, 2.24) is 35.5 Å². The van der Waals surface area contributed by atoms with Crippen LogP contribution in [-0.4, -0.2) is 30.1 Å². The van der Waals surface area contributed by atoms with Gasteiger partial charge in [0.15, 0.2) is 5.65 Å². The number of nitrogens with zero attached hydrogens (tertiary/aromatic N) is 4. The minimum Gasteiger partial charge on any atom is -0.353 e. The monoisotopic (exact) mass is 495 g/mol. The Morgan fingerprint density at radius 2 is 1.74 bits per heavy atom. The quantitative estimate of drug-likeness (QED) is 0.245. The van der Waals surface area contributed by atoms with Crippen LogP contribution in [0.2, 0.25) is 0 Å². The first-order chi connectivity index (χ1) is 18.8. The molecule has 7 heteroatoms. The first kappa shape index (κ1) is 22.3. The fourth-order valence-corrected chi connectivity index (χ4v) is 5.00. The second-order valence-corrected chi connectivity index (χ2v) is 9.47. The Morgan fingerprint density at radius 1 is 0.842 bits per heavy atom. The van der Waals surface area contributed by atoms with Crippen molar-refractivity contribution in [2.75, 3.05) is 0 Å². The van der Waals surface area contributed by atoms with Gasteiger partial charge < -0.3 is 10.3 Å². The lowest BCUT2D eigenvalue weighted by atomic mass is 10.1. The van der Waals surface area contributed by atoms with E-state index in [1.54, 1.807) is 0 Å². The molecule has 184 valence electrons. The van der Waals surface area contributed by atoms with Gasteiger partial charge in [-0.05, 0) is 47.4 Å². The summed E-state index contributed by atoms with van der Waals surface area (Å²) in [5, 5.41) is 13.2. The van der Waals surface area contributed by atoms with Gasteiger partial charge in [-0.15, -0.1) is 0 Å². The van der Waals surface area contributed by atoms with E-state index in [0.29, 0.717) is 5.65 Å². The molecule has 3 N–H and O–H groups in total. The van der Waals surface area contributed by atoms with Gasteiger partial charge in [-0.1, -0.05) is 48.6 Å². The number of fused-ring (bicyclic) bond motifs is 2.